The lowest BCUT2D eigenvalue weighted by atomic mass is 9.83. The second-order valence-corrected chi connectivity index (χ2v) is 19.4. The van der Waals surface area contributed by atoms with Crippen molar-refractivity contribution in [1.82, 2.24) is 24.8 Å². The van der Waals surface area contributed by atoms with Crippen molar-refractivity contribution in [2.75, 3.05) is 7.11 Å². The number of nitrogens with zero attached hydrogens (tertiary/aromatic N) is 3. The van der Waals surface area contributed by atoms with Gasteiger partial charge in [-0.2, -0.15) is 8.78 Å². The maximum absolute atomic E-state index is 17.7. The number of carbonyl (C=O) groups is 4. The number of benzene rings is 1. The fraction of sp³-hybridized carbons (Fsp3) is 0.634. The van der Waals surface area contributed by atoms with Crippen LogP contribution in [0.25, 0.3) is 10.8 Å². The van der Waals surface area contributed by atoms with Gasteiger partial charge in [-0.1, -0.05) is 39.3 Å². The summed E-state index contributed by atoms with van der Waals surface area (Å²) in [7, 11) is -2.84. The molecule has 59 heavy (non-hydrogen) atoms. The zero-order valence-corrected chi connectivity index (χ0v) is 35.2. The number of carbonyl (C=O) groups excluding carboxylic acids is 3. The van der Waals surface area contributed by atoms with Gasteiger partial charge in [0.1, 0.15) is 29.2 Å². The van der Waals surface area contributed by atoms with Gasteiger partial charge in [-0.15, -0.1) is 0 Å². The molecule has 2 aromatic rings. The molecule has 2 saturated carbocycles. The van der Waals surface area contributed by atoms with Crippen LogP contribution in [0.1, 0.15) is 99.3 Å². The highest BCUT2D eigenvalue weighted by molar-refractivity contribution is 7.91. The van der Waals surface area contributed by atoms with E-state index >= 15 is 13.6 Å². The van der Waals surface area contributed by atoms with Gasteiger partial charge in [-0.3, -0.25) is 28.9 Å². The molecule has 4 aliphatic rings. The van der Waals surface area contributed by atoms with Crippen LogP contribution in [0.4, 0.5) is 18.0 Å². The van der Waals surface area contributed by atoms with Crippen LogP contribution < -0.4 is 19.5 Å². The van der Waals surface area contributed by atoms with E-state index in [9.17, 15) is 32.3 Å². The molecule has 1 aromatic heterocycles. The summed E-state index contributed by atoms with van der Waals surface area (Å²) in [4.78, 5) is 62.1. The topological polar surface area (TPSA) is 185 Å². The Morgan fingerprint density at radius 3 is 2.46 bits per heavy atom. The summed E-state index contributed by atoms with van der Waals surface area (Å²) in [6.45, 7) is 9.40. The molecule has 4 amide bonds. The number of allylic oxidation sites excluding steroid dienone is 1. The second kappa shape index (κ2) is 15.8. The minimum atomic E-state index is -4.37. The average molecular weight is 850 g/mol. The smallest absolute Gasteiger partial charge is 0.408 e. The van der Waals surface area contributed by atoms with Gasteiger partial charge in [0, 0.05) is 23.8 Å². The number of amides is 4. The van der Waals surface area contributed by atoms with Crippen LogP contribution in [-0.2, 0) is 24.4 Å². The molecule has 2 aliphatic carbocycles. The fourth-order valence-corrected chi connectivity index (χ4v) is 9.90. The highest BCUT2D eigenvalue weighted by Gasteiger charge is 2.71. The van der Waals surface area contributed by atoms with E-state index in [4.69, 9.17) is 9.47 Å². The van der Waals surface area contributed by atoms with Crippen molar-refractivity contribution in [2.24, 2.45) is 17.8 Å². The Hall–Kier alpha value is -4.61. The minimum absolute atomic E-state index is 0.0397. The van der Waals surface area contributed by atoms with Gasteiger partial charge in [-0.05, 0) is 95.8 Å². The molecule has 2 aliphatic heterocycles. The largest absolute Gasteiger partial charge is 0.494 e. The molecule has 0 radical (unpaired) electrons. The van der Waals surface area contributed by atoms with Crippen molar-refractivity contribution in [2.45, 2.75) is 139 Å². The number of pyridine rings is 1. The molecule has 8 atom stereocenters. The summed E-state index contributed by atoms with van der Waals surface area (Å²) in [5.41, 5.74) is -4.63. The van der Waals surface area contributed by atoms with Crippen molar-refractivity contribution < 1.29 is 55.3 Å². The van der Waals surface area contributed by atoms with E-state index in [0.717, 1.165) is 24.0 Å². The lowest BCUT2D eigenvalue weighted by Gasteiger charge is -2.43. The maximum Gasteiger partial charge on any atom is 0.408 e. The summed E-state index contributed by atoms with van der Waals surface area (Å²) in [6, 6.07) is -5.41. The molecule has 324 valence electrons. The number of hydrogen-bond acceptors (Lipinski definition) is 9. The van der Waals surface area contributed by atoms with Gasteiger partial charge in [0.2, 0.25) is 21.8 Å². The fourth-order valence-electron chi connectivity index (χ4n) is 8.59. The van der Waals surface area contributed by atoms with Gasteiger partial charge in [-0.25, -0.2) is 22.6 Å². The van der Waals surface area contributed by atoms with Gasteiger partial charge >= 0.3 is 12.1 Å². The van der Waals surface area contributed by atoms with Crippen LogP contribution in [0.5, 0.6) is 11.6 Å². The van der Waals surface area contributed by atoms with E-state index in [1.807, 2.05) is 13.0 Å². The highest BCUT2D eigenvalue weighted by Crippen LogP contribution is 2.52. The number of fused-ring (bicyclic) bond motifs is 3. The Morgan fingerprint density at radius 1 is 1.15 bits per heavy atom. The first-order valence-electron chi connectivity index (χ1n) is 20.2. The van der Waals surface area contributed by atoms with Crippen LogP contribution in [0.2, 0.25) is 0 Å². The third kappa shape index (κ3) is 7.81. The van der Waals surface area contributed by atoms with Crippen molar-refractivity contribution in [3.05, 3.63) is 42.4 Å². The zero-order valence-electron chi connectivity index (χ0n) is 34.4. The average Bonchev–Trinajstić information content (AvgIpc) is 4.08. The number of alkyl halides is 2. The molecule has 0 spiro atoms. The molecule has 14 nitrogen and oxygen atoms in total. The molecule has 1 saturated heterocycles. The van der Waals surface area contributed by atoms with E-state index in [1.165, 1.54) is 26.3 Å². The number of ether oxygens (including phenoxy) is 2. The lowest BCUT2D eigenvalue weighted by molar-refractivity contribution is -0.219. The van der Waals surface area contributed by atoms with Crippen molar-refractivity contribution in [3.8, 4) is 11.6 Å². The Labute approximate surface area is 342 Å². The summed E-state index contributed by atoms with van der Waals surface area (Å²) in [5.74, 6) is -6.18. The van der Waals surface area contributed by atoms with E-state index in [2.05, 4.69) is 15.0 Å². The Kier molecular flexibility index (Phi) is 11.8. The standard InChI is InChI=1S/C41H54F3N5O9S/c1-8-24(4)48(37(53)54)32-25(9-2)18-23(3)12-10-11-13-26-20-40(26,36(52)47-59(55,56)38(5)16-17-38)46-33(50)30-21-39(6,41(43,44)49(30)35(32)51)58-34-29-19-27(42)14-15-28(29)31(57-7)22-45-34/h11,13-15,19,22-26,30,32H,8-10,12,16-18,20-21H2,1-7H3,(H,46,50)(H,47,52)(H,53,54)/b13-11-/t23-,24?,25+,26+,30-,32-,39+,40+/m0/s1. The minimum Gasteiger partial charge on any atom is -0.494 e. The molecule has 6 rings (SSSR count). The number of rotatable bonds is 10. The molecule has 0 bridgehead atoms. The van der Waals surface area contributed by atoms with Crippen molar-refractivity contribution in [1.29, 1.82) is 0 Å². The van der Waals surface area contributed by atoms with E-state index in [-0.39, 0.29) is 53.0 Å². The monoisotopic (exact) mass is 849 g/mol. The van der Waals surface area contributed by atoms with Gasteiger partial charge in [0.05, 0.1) is 23.4 Å². The van der Waals surface area contributed by atoms with Gasteiger partial charge in [0.15, 0.2) is 5.60 Å². The molecular formula is C41H54F3N5O9S. The molecule has 3 N–H and O–H groups in total. The van der Waals surface area contributed by atoms with Crippen LogP contribution in [0, 0.1) is 23.6 Å². The summed E-state index contributed by atoms with van der Waals surface area (Å²) < 4.78 is 88.8. The van der Waals surface area contributed by atoms with E-state index < -0.39 is 104 Å². The number of sulfonamides is 1. The molecule has 3 fully saturated rings. The van der Waals surface area contributed by atoms with Crippen molar-refractivity contribution >= 4 is 44.6 Å². The second-order valence-electron chi connectivity index (χ2n) is 17.2. The van der Waals surface area contributed by atoms with Crippen LogP contribution in [0.3, 0.4) is 0 Å². The predicted octanol–water partition coefficient (Wildman–Crippen LogP) is 6.14. The third-order valence-corrected chi connectivity index (χ3v) is 15.2. The molecule has 3 heterocycles. The Morgan fingerprint density at radius 2 is 1.85 bits per heavy atom. The molecule has 18 heteroatoms. The molecule has 1 unspecified atom stereocenters. The van der Waals surface area contributed by atoms with E-state index in [1.54, 1.807) is 26.8 Å². The first-order chi connectivity index (χ1) is 27.6. The summed E-state index contributed by atoms with van der Waals surface area (Å²) in [5, 5.41) is 13.4. The quantitative estimate of drug-likeness (QED) is 0.186. The van der Waals surface area contributed by atoms with Gasteiger partial charge < -0.3 is 19.9 Å². The maximum atomic E-state index is 17.7. The normalized spacial score (nSPS) is 31.4. The predicted molar refractivity (Wildman–Crippen MR) is 211 cm³/mol. The summed E-state index contributed by atoms with van der Waals surface area (Å²) in [6.07, 6.45) is 4.71. The number of nitrogens with one attached hydrogen (secondary N) is 2. The molecule has 1 aromatic carbocycles. The van der Waals surface area contributed by atoms with Crippen LogP contribution >= 0.6 is 0 Å². The molecular weight excluding hydrogens is 796 g/mol. The third-order valence-electron chi connectivity index (χ3n) is 13.0. The number of aromatic nitrogens is 1. The number of hydrogen-bond donors (Lipinski definition) is 3. The Bertz CT molecular complexity index is 2150. The number of carboxylic acid groups (broad SMARTS) is 1. The number of halogens is 3. The zero-order chi connectivity index (χ0) is 43.5. The summed E-state index contributed by atoms with van der Waals surface area (Å²) >= 11 is 0. The first kappa shape index (κ1) is 44.0. The van der Waals surface area contributed by atoms with Crippen molar-refractivity contribution in [3.63, 3.8) is 0 Å². The van der Waals surface area contributed by atoms with E-state index in [0.29, 0.717) is 25.7 Å². The van der Waals surface area contributed by atoms with Crippen LogP contribution in [0.15, 0.2) is 36.5 Å². The highest BCUT2D eigenvalue weighted by atomic mass is 32.2. The lowest BCUT2D eigenvalue weighted by Crippen LogP contribution is -2.65. The number of methoxy groups -OCH3 is 1. The van der Waals surface area contributed by atoms with Gasteiger partial charge in [0.25, 0.3) is 11.8 Å². The van der Waals surface area contributed by atoms with Crippen LogP contribution in [-0.4, -0.2) is 99.3 Å². The SMILES string of the molecule is CCC(C)N(C(=O)O)[C@@H]1C(=O)N2[C@@H](C[C@@](C)(Oc3ncc(OC)c4ccc(F)cc34)C2(F)F)C(=O)N[C@]2(C(=O)NS(=O)(=O)C3(C)CC3)C[C@H]2/C=C\CC[C@H](C)C[C@H]1CC. The first-order valence-corrected chi connectivity index (χ1v) is 21.7. The Balaban J connectivity index is 1.50.